The highest BCUT2D eigenvalue weighted by Gasteiger charge is 2.08. The molecule has 1 heterocycles. The van der Waals surface area contributed by atoms with Gasteiger partial charge in [-0.2, -0.15) is 0 Å². The number of hydrogen-bond donors (Lipinski definition) is 2. The largest absolute Gasteiger partial charge is 0.354 e. The summed E-state index contributed by atoms with van der Waals surface area (Å²) >= 11 is 0. The van der Waals surface area contributed by atoms with E-state index in [1.165, 1.54) is 0 Å². The summed E-state index contributed by atoms with van der Waals surface area (Å²) in [4.78, 5) is 10.7. The predicted octanol–water partition coefficient (Wildman–Crippen LogP) is 3.80. The minimum absolute atomic E-state index is 0. The Morgan fingerprint density at radius 2 is 2.07 bits per heavy atom. The molecule has 0 saturated heterocycles. The molecule has 2 aromatic rings. The monoisotopic (exact) mass is 516 g/mol. The van der Waals surface area contributed by atoms with E-state index in [4.69, 9.17) is 0 Å². The van der Waals surface area contributed by atoms with Crippen molar-refractivity contribution in [3.63, 3.8) is 0 Å². The second kappa shape index (κ2) is 13.5. The van der Waals surface area contributed by atoms with Gasteiger partial charge >= 0.3 is 0 Å². The standard InChI is InChI=1S/C21H33FN6.HI/c1-5-27(6-2)12-7-8-17(3)26-21(23-4)25-15-18-9-10-20(19(22)14-18)28-13-11-24-16-28;/h9-11,13-14,16-17H,5-8,12,15H2,1-4H3,(H2,23,25,26);1H. The summed E-state index contributed by atoms with van der Waals surface area (Å²) in [5.74, 6) is 0.458. The number of halogens is 2. The summed E-state index contributed by atoms with van der Waals surface area (Å²) in [5, 5.41) is 6.67. The van der Waals surface area contributed by atoms with Gasteiger partial charge in [-0.25, -0.2) is 9.37 Å². The third-order valence-corrected chi connectivity index (χ3v) is 4.87. The summed E-state index contributed by atoms with van der Waals surface area (Å²) in [5.41, 5.74) is 1.35. The Morgan fingerprint density at radius 1 is 1.31 bits per heavy atom. The molecule has 0 amide bonds. The molecule has 29 heavy (non-hydrogen) atoms. The number of imidazole rings is 1. The maximum absolute atomic E-state index is 14.4. The van der Waals surface area contributed by atoms with Crippen molar-refractivity contribution in [2.75, 3.05) is 26.7 Å². The molecular weight excluding hydrogens is 482 g/mol. The summed E-state index contributed by atoms with van der Waals surface area (Å²) in [7, 11) is 1.75. The molecule has 2 rings (SSSR count). The number of rotatable bonds is 10. The van der Waals surface area contributed by atoms with E-state index in [-0.39, 0.29) is 29.8 Å². The first-order valence-corrected chi connectivity index (χ1v) is 10.0. The van der Waals surface area contributed by atoms with Crippen LogP contribution in [0.2, 0.25) is 0 Å². The number of nitrogens with one attached hydrogen (secondary N) is 2. The van der Waals surface area contributed by atoms with Crippen molar-refractivity contribution in [2.45, 2.75) is 46.2 Å². The van der Waals surface area contributed by atoms with E-state index < -0.39 is 0 Å². The van der Waals surface area contributed by atoms with Gasteiger partial charge in [-0.15, -0.1) is 24.0 Å². The topological polar surface area (TPSA) is 57.5 Å². The first-order valence-electron chi connectivity index (χ1n) is 10.0. The average molecular weight is 516 g/mol. The van der Waals surface area contributed by atoms with E-state index in [2.05, 4.69) is 46.3 Å². The lowest BCUT2D eigenvalue weighted by Gasteiger charge is -2.21. The van der Waals surface area contributed by atoms with E-state index in [9.17, 15) is 4.39 Å². The van der Waals surface area contributed by atoms with Gasteiger partial charge < -0.3 is 20.1 Å². The molecule has 0 aliphatic rings. The molecule has 2 N–H and O–H groups in total. The Balaban J connectivity index is 0.00000420. The molecule has 0 radical (unpaired) electrons. The zero-order valence-corrected chi connectivity index (χ0v) is 20.2. The van der Waals surface area contributed by atoms with Crippen LogP contribution in [-0.4, -0.2) is 53.1 Å². The van der Waals surface area contributed by atoms with Gasteiger partial charge in [-0.1, -0.05) is 19.9 Å². The first-order chi connectivity index (χ1) is 13.6. The fourth-order valence-corrected chi connectivity index (χ4v) is 3.12. The van der Waals surface area contributed by atoms with Crippen LogP contribution in [0.15, 0.2) is 41.9 Å². The number of nitrogens with zero attached hydrogens (tertiary/aromatic N) is 4. The number of benzene rings is 1. The van der Waals surface area contributed by atoms with E-state index >= 15 is 0 Å². The SMILES string of the molecule is CCN(CC)CCCC(C)NC(=NC)NCc1ccc(-n2ccnc2)c(F)c1.I. The fourth-order valence-electron chi connectivity index (χ4n) is 3.12. The summed E-state index contributed by atoms with van der Waals surface area (Å²) in [6.07, 6.45) is 7.17. The number of aliphatic imine (C=N–C) groups is 1. The van der Waals surface area contributed by atoms with Gasteiger partial charge in [0, 0.05) is 32.0 Å². The average Bonchev–Trinajstić information content (AvgIpc) is 3.23. The van der Waals surface area contributed by atoms with Crippen LogP contribution in [0.25, 0.3) is 5.69 Å². The summed E-state index contributed by atoms with van der Waals surface area (Å²) < 4.78 is 16.0. The van der Waals surface area contributed by atoms with Crippen molar-refractivity contribution in [3.05, 3.63) is 48.3 Å². The van der Waals surface area contributed by atoms with Crippen LogP contribution >= 0.6 is 24.0 Å². The minimum Gasteiger partial charge on any atom is -0.354 e. The second-order valence-corrected chi connectivity index (χ2v) is 6.90. The van der Waals surface area contributed by atoms with Gasteiger partial charge in [0.05, 0.1) is 12.0 Å². The number of hydrogen-bond acceptors (Lipinski definition) is 3. The zero-order chi connectivity index (χ0) is 20.4. The number of aromatic nitrogens is 2. The summed E-state index contributed by atoms with van der Waals surface area (Å²) in [6.45, 7) is 10.4. The molecule has 0 saturated carbocycles. The highest BCUT2D eigenvalue weighted by Crippen LogP contribution is 2.14. The third-order valence-electron chi connectivity index (χ3n) is 4.87. The molecule has 6 nitrogen and oxygen atoms in total. The van der Waals surface area contributed by atoms with Gasteiger partial charge in [-0.05, 0) is 57.1 Å². The molecule has 0 bridgehead atoms. The van der Waals surface area contributed by atoms with Gasteiger partial charge in [-0.3, -0.25) is 4.99 Å². The van der Waals surface area contributed by atoms with Crippen molar-refractivity contribution < 1.29 is 4.39 Å². The van der Waals surface area contributed by atoms with Gasteiger partial charge in [0.2, 0.25) is 0 Å². The van der Waals surface area contributed by atoms with E-state index in [0.29, 0.717) is 18.3 Å². The molecule has 8 heteroatoms. The summed E-state index contributed by atoms with van der Waals surface area (Å²) in [6, 6.07) is 5.54. The van der Waals surface area contributed by atoms with Crippen LogP contribution < -0.4 is 10.6 Å². The molecule has 0 aliphatic heterocycles. The lowest BCUT2D eigenvalue weighted by Crippen LogP contribution is -2.42. The second-order valence-electron chi connectivity index (χ2n) is 6.90. The molecule has 1 unspecified atom stereocenters. The molecule has 0 fully saturated rings. The van der Waals surface area contributed by atoms with Gasteiger partial charge in [0.15, 0.2) is 5.96 Å². The lowest BCUT2D eigenvalue weighted by molar-refractivity contribution is 0.292. The van der Waals surface area contributed by atoms with Crippen LogP contribution in [0.3, 0.4) is 0 Å². The Kier molecular flexibility index (Phi) is 11.8. The van der Waals surface area contributed by atoms with Gasteiger partial charge in [0.1, 0.15) is 5.82 Å². The quantitative estimate of drug-likeness (QED) is 0.287. The van der Waals surface area contributed by atoms with Crippen LogP contribution in [0.1, 0.15) is 39.2 Å². The van der Waals surface area contributed by atoms with Crippen LogP contribution in [0.4, 0.5) is 4.39 Å². The van der Waals surface area contributed by atoms with Gasteiger partial charge in [0.25, 0.3) is 0 Å². The lowest BCUT2D eigenvalue weighted by atomic mass is 10.1. The predicted molar refractivity (Wildman–Crippen MR) is 129 cm³/mol. The molecule has 1 atom stereocenters. The Labute approximate surface area is 191 Å². The molecule has 0 spiro atoms. The molecular formula is C21H34FIN6. The van der Waals surface area contributed by atoms with Crippen molar-refractivity contribution in [2.24, 2.45) is 4.99 Å². The Bertz CT molecular complexity index is 731. The van der Waals surface area contributed by atoms with Crippen LogP contribution in [0.5, 0.6) is 0 Å². The maximum atomic E-state index is 14.4. The van der Waals surface area contributed by atoms with Crippen molar-refractivity contribution in [1.82, 2.24) is 25.1 Å². The highest BCUT2D eigenvalue weighted by atomic mass is 127. The molecule has 162 valence electrons. The normalized spacial score (nSPS) is 12.6. The number of guanidine groups is 1. The minimum atomic E-state index is -0.273. The third kappa shape index (κ3) is 8.30. The maximum Gasteiger partial charge on any atom is 0.191 e. The Morgan fingerprint density at radius 3 is 2.66 bits per heavy atom. The van der Waals surface area contributed by atoms with Crippen molar-refractivity contribution in [3.8, 4) is 5.69 Å². The Hall–Kier alpha value is -1.68. The van der Waals surface area contributed by atoms with Crippen molar-refractivity contribution >= 4 is 29.9 Å². The molecule has 0 aliphatic carbocycles. The van der Waals surface area contributed by atoms with E-state index in [1.807, 2.05) is 6.07 Å². The van der Waals surface area contributed by atoms with Crippen LogP contribution in [-0.2, 0) is 6.54 Å². The molecule has 1 aromatic carbocycles. The zero-order valence-electron chi connectivity index (χ0n) is 17.9. The van der Waals surface area contributed by atoms with E-state index in [0.717, 1.165) is 44.0 Å². The fraction of sp³-hybridized carbons (Fsp3) is 0.524. The first kappa shape index (κ1) is 25.4. The van der Waals surface area contributed by atoms with E-state index in [1.54, 1.807) is 42.5 Å². The molecule has 1 aromatic heterocycles. The highest BCUT2D eigenvalue weighted by molar-refractivity contribution is 14.0. The smallest absolute Gasteiger partial charge is 0.191 e. The van der Waals surface area contributed by atoms with Crippen LogP contribution in [0, 0.1) is 5.82 Å². The van der Waals surface area contributed by atoms with Crippen molar-refractivity contribution in [1.29, 1.82) is 0 Å².